The van der Waals surface area contributed by atoms with Gasteiger partial charge in [-0.05, 0) is 28.3 Å². The summed E-state index contributed by atoms with van der Waals surface area (Å²) in [5.74, 6) is -0.332. The van der Waals surface area contributed by atoms with Gasteiger partial charge in [0, 0.05) is 13.3 Å². The van der Waals surface area contributed by atoms with Crippen LogP contribution < -0.4 is 10.4 Å². The van der Waals surface area contributed by atoms with Crippen LogP contribution in [0.3, 0.4) is 0 Å². The number of hydrogen-bond donors (Lipinski definition) is 0. The van der Waals surface area contributed by atoms with Gasteiger partial charge < -0.3 is 13.9 Å². The Bertz CT molecular complexity index is 881. The number of esters is 1. The Labute approximate surface area is 206 Å². The molecule has 34 heavy (non-hydrogen) atoms. The molecule has 3 rings (SSSR count). The van der Waals surface area contributed by atoms with Crippen LogP contribution in [-0.4, -0.2) is 32.8 Å². The van der Waals surface area contributed by atoms with Crippen LogP contribution in [0.25, 0.3) is 0 Å². The topological polar surface area (TPSA) is 44.8 Å². The van der Waals surface area contributed by atoms with Crippen LogP contribution in [0.2, 0.25) is 5.04 Å². The van der Waals surface area contributed by atoms with E-state index in [-0.39, 0.29) is 23.2 Å². The fourth-order valence-electron chi connectivity index (χ4n) is 4.85. The summed E-state index contributed by atoms with van der Waals surface area (Å²) in [4.78, 5) is 11.7. The minimum absolute atomic E-state index is 0.134. The van der Waals surface area contributed by atoms with Gasteiger partial charge in [0.25, 0.3) is 8.32 Å². The number of carbonyl (C=O) groups excluding carboxylic acids is 1. The van der Waals surface area contributed by atoms with E-state index in [4.69, 9.17) is 13.9 Å². The second-order valence-corrected chi connectivity index (χ2v) is 14.4. The number of benzene rings is 2. The molecule has 1 fully saturated rings. The van der Waals surface area contributed by atoms with Crippen molar-refractivity contribution in [1.82, 2.24) is 0 Å². The molecule has 0 saturated carbocycles. The number of allylic oxidation sites excluding steroid dienone is 1. The third-order valence-electron chi connectivity index (χ3n) is 6.44. The predicted molar refractivity (Wildman–Crippen MR) is 141 cm³/mol. The first-order valence-corrected chi connectivity index (χ1v) is 14.5. The molecule has 1 heterocycles. The minimum Gasteiger partial charge on any atom is -0.436 e. The molecule has 0 unspecified atom stereocenters. The molecule has 0 spiro atoms. The van der Waals surface area contributed by atoms with Crippen LogP contribution in [0.1, 0.15) is 66.7 Å². The summed E-state index contributed by atoms with van der Waals surface area (Å²) in [5, 5.41) is 2.33. The van der Waals surface area contributed by atoms with E-state index in [1.165, 1.54) is 30.1 Å². The van der Waals surface area contributed by atoms with E-state index in [1.807, 2.05) is 12.1 Å². The molecular formula is C29H40O4Si. The first-order valence-electron chi connectivity index (χ1n) is 12.6. The fourth-order valence-corrected chi connectivity index (χ4v) is 9.55. The Morgan fingerprint density at radius 2 is 1.62 bits per heavy atom. The average molecular weight is 481 g/mol. The monoisotopic (exact) mass is 480 g/mol. The molecule has 4 nitrogen and oxygen atoms in total. The smallest absolute Gasteiger partial charge is 0.304 e. The van der Waals surface area contributed by atoms with E-state index < -0.39 is 14.6 Å². The van der Waals surface area contributed by atoms with E-state index in [2.05, 4.69) is 88.4 Å². The first kappa shape index (κ1) is 26.4. The van der Waals surface area contributed by atoms with Gasteiger partial charge in [0.2, 0.25) is 6.29 Å². The lowest BCUT2D eigenvalue weighted by Crippen LogP contribution is -2.68. The summed E-state index contributed by atoms with van der Waals surface area (Å²) < 4.78 is 19.0. The van der Waals surface area contributed by atoms with Crippen molar-refractivity contribution in [3.05, 3.63) is 72.8 Å². The Hall–Kier alpha value is -2.21. The molecule has 3 atom stereocenters. The minimum atomic E-state index is -2.74. The van der Waals surface area contributed by atoms with Crippen molar-refractivity contribution in [2.24, 2.45) is 0 Å². The zero-order valence-corrected chi connectivity index (χ0v) is 22.3. The lowest BCUT2D eigenvalue weighted by Gasteiger charge is -2.45. The molecule has 0 bridgehead atoms. The number of rotatable bonds is 10. The van der Waals surface area contributed by atoms with Crippen LogP contribution >= 0.6 is 0 Å². The molecule has 1 aliphatic heterocycles. The third kappa shape index (κ3) is 6.26. The van der Waals surface area contributed by atoms with Crippen molar-refractivity contribution in [2.75, 3.05) is 0 Å². The van der Waals surface area contributed by atoms with E-state index in [1.54, 1.807) is 0 Å². The highest BCUT2D eigenvalue weighted by atomic mass is 28.4. The normalized spacial score (nSPS) is 21.1. The molecule has 2 aromatic carbocycles. The molecular weight excluding hydrogens is 440 g/mol. The fraction of sp³-hybridized carbons (Fsp3) is 0.483. The summed E-state index contributed by atoms with van der Waals surface area (Å²) in [6, 6.07) is 21.2. The van der Waals surface area contributed by atoms with Crippen LogP contribution in [-0.2, 0) is 18.7 Å². The molecule has 5 heteroatoms. The third-order valence-corrected chi connectivity index (χ3v) is 11.5. The van der Waals surface area contributed by atoms with Crippen molar-refractivity contribution in [3.63, 3.8) is 0 Å². The van der Waals surface area contributed by atoms with Crippen molar-refractivity contribution < 1.29 is 18.7 Å². The molecule has 0 radical (unpaired) electrons. The lowest BCUT2D eigenvalue weighted by molar-refractivity contribution is -0.170. The lowest BCUT2D eigenvalue weighted by atomic mass is 10.1. The molecule has 1 saturated heterocycles. The largest absolute Gasteiger partial charge is 0.436 e. The second-order valence-electron chi connectivity index (χ2n) is 10.1. The average Bonchev–Trinajstić information content (AvgIpc) is 3.17. The highest BCUT2D eigenvalue weighted by Gasteiger charge is 2.53. The van der Waals surface area contributed by atoms with Gasteiger partial charge in [0.1, 0.15) is 6.10 Å². The van der Waals surface area contributed by atoms with Gasteiger partial charge in [-0.1, -0.05) is 113 Å². The molecule has 1 aliphatic rings. The summed E-state index contributed by atoms with van der Waals surface area (Å²) in [7, 11) is -2.74. The van der Waals surface area contributed by atoms with E-state index in [0.29, 0.717) is 6.42 Å². The van der Waals surface area contributed by atoms with Crippen molar-refractivity contribution in [2.45, 2.75) is 90.3 Å². The predicted octanol–water partition coefficient (Wildman–Crippen LogP) is 5.75. The molecule has 0 aromatic heterocycles. The Balaban J connectivity index is 2.00. The van der Waals surface area contributed by atoms with Crippen molar-refractivity contribution in [1.29, 1.82) is 0 Å². The molecule has 0 N–H and O–H groups in total. The highest BCUT2D eigenvalue weighted by Crippen LogP contribution is 2.40. The van der Waals surface area contributed by atoms with E-state index >= 15 is 0 Å². The van der Waals surface area contributed by atoms with Crippen LogP contribution in [0, 0.1) is 0 Å². The number of carbonyl (C=O) groups is 1. The molecule has 0 amide bonds. The van der Waals surface area contributed by atoms with Gasteiger partial charge in [-0.15, -0.1) is 0 Å². The molecule has 0 aliphatic carbocycles. The quantitative estimate of drug-likeness (QED) is 0.188. The number of ether oxygens (including phenoxy) is 2. The van der Waals surface area contributed by atoms with E-state index in [0.717, 1.165) is 12.8 Å². The van der Waals surface area contributed by atoms with E-state index in [9.17, 15) is 4.79 Å². The van der Waals surface area contributed by atoms with Crippen molar-refractivity contribution >= 4 is 24.7 Å². The van der Waals surface area contributed by atoms with Crippen LogP contribution in [0.5, 0.6) is 0 Å². The Morgan fingerprint density at radius 3 is 2.12 bits per heavy atom. The zero-order valence-electron chi connectivity index (χ0n) is 21.3. The van der Waals surface area contributed by atoms with Gasteiger partial charge in [-0.25, -0.2) is 0 Å². The van der Waals surface area contributed by atoms with Crippen molar-refractivity contribution in [3.8, 4) is 0 Å². The van der Waals surface area contributed by atoms with Crippen LogP contribution in [0.4, 0.5) is 0 Å². The standard InChI is InChI=1S/C29H40O4Si/c1-6-7-8-9-16-21-26-27(22-28(32-26)31-23(2)30)33-34(29(3,4)5,24-17-12-10-13-18-24)25-19-14-11-15-20-25/h10-21,26-28H,6-9,22H2,1-5H3/b21-16+/t26-,27-,28+/m0/s1. The number of hydrogen-bond acceptors (Lipinski definition) is 4. The molecule has 2 aromatic rings. The maximum absolute atomic E-state index is 11.7. The van der Waals surface area contributed by atoms with Crippen LogP contribution in [0.15, 0.2) is 72.8 Å². The Morgan fingerprint density at radius 1 is 1.03 bits per heavy atom. The maximum Gasteiger partial charge on any atom is 0.304 e. The number of unbranched alkanes of at least 4 members (excludes halogenated alkanes) is 3. The van der Waals surface area contributed by atoms with Gasteiger partial charge in [0.15, 0.2) is 0 Å². The summed E-state index contributed by atoms with van der Waals surface area (Å²) in [6.45, 7) is 10.5. The van der Waals surface area contributed by atoms with Gasteiger partial charge in [-0.3, -0.25) is 4.79 Å². The first-order chi connectivity index (χ1) is 16.3. The van der Waals surface area contributed by atoms with Gasteiger partial charge in [-0.2, -0.15) is 0 Å². The maximum atomic E-state index is 11.7. The second kappa shape index (κ2) is 12.0. The summed E-state index contributed by atoms with van der Waals surface area (Å²) >= 11 is 0. The SMILES string of the molecule is CCCCC/C=C/[C@@H]1O[C@@H](OC(C)=O)C[C@@H]1O[Si](c1ccccc1)(c1ccccc1)C(C)(C)C. The van der Waals surface area contributed by atoms with Gasteiger partial charge >= 0.3 is 5.97 Å². The summed E-state index contributed by atoms with van der Waals surface area (Å²) in [6.07, 6.45) is 8.35. The van der Waals surface area contributed by atoms with Gasteiger partial charge in [0.05, 0.1) is 6.10 Å². The summed E-state index contributed by atoms with van der Waals surface area (Å²) in [5.41, 5.74) is 0. The zero-order chi connectivity index (χ0) is 24.6. The Kier molecular flexibility index (Phi) is 9.29. The molecule has 184 valence electrons. The highest BCUT2D eigenvalue weighted by molar-refractivity contribution is 6.99.